The number of aryl methyl sites for hydroxylation is 1. The summed E-state index contributed by atoms with van der Waals surface area (Å²) < 4.78 is 0. The predicted molar refractivity (Wildman–Crippen MR) is 56.4 cm³/mol. The maximum absolute atomic E-state index is 10.7. The van der Waals surface area contributed by atoms with E-state index in [1.165, 1.54) is 6.07 Å². The number of carbonyl (C=O) groups excluding carboxylic acids is 1. The number of amides is 1. The monoisotopic (exact) mass is 229 g/mol. The number of hydrogen-bond donors (Lipinski definition) is 3. The van der Waals surface area contributed by atoms with E-state index < -0.39 is 18.1 Å². The van der Waals surface area contributed by atoms with Crippen LogP contribution in [0, 0.1) is 6.92 Å². The zero-order valence-electron chi connectivity index (χ0n) is 8.14. The molecular weight excluding hydrogens is 218 g/mol. The van der Waals surface area contributed by atoms with Crippen molar-refractivity contribution in [3.8, 4) is 0 Å². The minimum Gasteiger partial charge on any atom is -0.385 e. The van der Waals surface area contributed by atoms with Gasteiger partial charge in [-0.05, 0) is 30.2 Å². The molecule has 0 fully saturated rings. The van der Waals surface area contributed by atoms with Gasteiger partial charge in [0.2, 0.25) is 5.91 Å². The minimum atomic E-state index is -1.62. The van der Waals surface area contributed by atoms with Gasteiger partial charge in [-0.2, -0.15) is 0 Å². The third-order valence-electron chi connectivity index (χ3n) is 2.00. The molecular formula is C10H12ClNO3. The summed E-state index contributed by atoms with van der Waals surface area (Å²) in [7, 11) is 0. The lowest BCUT2D eigenvalue weighted by molar-refractivity contribution is -0.131. The molecule has 15 heavy (non-hydrogen) atoms. The van der Waals surface area contributed by atoms with E-state index in [0.717, 1.165) is 5.56 Å². The number of hydrogen-bond acceptors (Lipinski definition) is 3. The highest BCUT2D eigenvalue weighted by Gasteiger charge is 2.23. The Morgan fingerprint density at radius 3 is 2.47 bits per heavy atom. The first-order valence-corrected chi connectivity index (χ1v) is 4.72. The van der Waals surface area contributed by atoms with Crippen LogP contribution >= 0.6 is 11.6 Å². The first-order valence-electron chi connectivity index (χ1n) is 4.34. The van der Waals surface area contributed by atoms with Crippen LogP contribution in [0.25, 0.3) is 0 Å². The molecule has 2 unspecified atom stereocenters. The smallest absolute Gasteiger partial charge is 0.249 e. The fourth-order valence-electron chi connectivity index (χ4n) is 1.27. The van der Waals surface area contributed by atoms with E-state index in [4.69, 9.17) is 17.3 Å². The number of nitrogens with two attached hydrogens (primary N) is 1. The van der Waals surface area contributed by atoms with Crippen LogP contribution in [0.4, 0.5) is 0 Å². The Hall–Kier alpha value is -1.10. The first-order chi connectivity index (χ1) is 6.91. The third-order valence-corrected chi connectivity index (χ3v) is 2.21. The Bertz CT molecular complexity index is 361. The second-order valence-electron chi connectivity index (χ2n) is 3.35. The van der Waals surface area contributed by atoms with Crippen LogP contribution in [-0.2, 0) is 4.79 Å². The summed E-state index contributed by atoms with van der Waals surface area (Å²) in [6.45, 7) is 1.79. The molecule has 82 valence electrons. The van der Waals surface area contributed by atoms with Gasteiger partial charge in [0.05, 0.1) is 0 Å². The van der Waals surface area contributed by atoms with Crippen molar-refractivity contribution in [3.63, 3.8) is 0 Å². The molecule has 1 aromatic rings. The van der Waals surface area contributed by atoms with Gasteiger partial charge in [-0.1, -0.05) is 17.7 Å². The van der Waals surface area contributed by atoms with Gasteiger partial charge in [-0.15, -0.1) is 0 Å². The van der Waals surface area contributed by atoms with Crippen molar-refractivity contribution in [1.29, 1.82) is 0 Å². The second-order valence-corrected chi connectivity index (χ2v) is 3.79. The lowest BCUT2D eigenvalue weighted by atomic mass is 10.0. The number of aliphatic hydroxyl groups is 2. The van der Waals surface area contributed by atoms with Crippen molar-refractivity contribution in [1.82, 2.24) is 0 Å². The van der Waals surface area contributed by atoms with Crippen molar-refractivity contribution in [3.05, 3.63) is 34.3 Å². The Morgan fingerprint density at radius 1 is 1.40 bits per heavy atom. The van der Waals surface area contributed by atoms with E-state index in [1.807, 2.05) is 0 Å². The molecule has 0 aromatic heterocycles. The van der Waals surface area contributed by atoms with Crippen LogP contribution in [0.5, 0.6) is 0 Å². The van der Waals surface area contributed by atoms with Crippen LogP contribution < -0.4 is 5.73 Å². The Kier molecular flexibility index (Phi) is 3.68. The van der Waals surface area contributed by atoms with E-state index in [9.17, 15) is 15.0 Å². The number of benzene rings is 1. The van der Waals surface area contributed by atoms with Gasteiger partial charge in [0, 0.05) is 5.02 Å². The fourth-order valence-corrected chi connectivity index (χ4v) is 1.57. The number of carbonyl (C=O) groups is 1. The normalized spacial score (nSPS) is 14.7. The Balaban J connectivity index is 3.00. The number of aliphatic hydroxyl groups excluding tert-OH is 2. The summed E-state index contributed by atoms with van der Waals surface area (Å²) in [6.07, 6.45) is -2.97. The zero-order valence-corrected chi connectivity index (χ0v) is 8.90. The molecule has 0 aliphatic carbocycles. The molecule has 1 aromatic carbocycles. The number of halogens is 1. The summed E-state index contributed by atoms with van der Waals surface area (Å²) in [5, 5.41) is 19.3. The highest BCUT2D eigenvalue weighted by atomic mass is 35.5. The molecule has 0 aliphatic heterocycles. The van der Waals surface area contributed by atoms with Crippen LogP contribution in [0.15, 0.2) is 18.2 Å². The molecule has 0 spiro atoms. The van der Waals surface area contributed by atoms with Crippen LogP contribution in [-0.4, -0.2) is 22.2 Å². The highest BCUT2D eigenvalue weighted by Crippen LogP contribution is 2.22. The Labute approximate surface area is 92.3 Å². The molecule has 0 saturated heterocycles. The summed E-state index contributed by atoms with van der Waals surface area (Å²) in [6, 6.07) is 4.81. The molecule has 0 saturated carbocycles. The molecule has 0 bridgehead atoms. The topological polar surface area (TPSA) is 83.6 Å². The van der Waals surface area contributed by atoms with E-state index in [2.05, 4.69) is 0 Å². The van der Waals surface area contributed by atoms with E-state index in [1.54, 1.807) is 19.1 Å². The van der Waals surface area contributed by atoms with Crippen molar-refractivity contribution < 1.29 is 15.0 Å². The third kappa shape index (κ3) is 2.92. The molecule has 4 N–H and O–H groups in total. The zero-order chi connectivity index (χ0) is 11.6. The van der Waals surface area contributed by atoms with Crippen molar-refractivity contribution in [2.24, 2.45) is 5.73 Å². The van der Waals surface area contributed by atoms with Crippen molar-refractivity contribution >= 4 is 17.5 Å². The largest absolute Gasteiger partial charge is 0.385 e. The summed E-state index contributed by atoms with van der Waals surface area (Å²) in [5.74, 6) is -0.972. The molecule has 1 rings (SSSR count). The maximum atomic E-state index is 10.7. The lowest BCUT2D eigenvalue weighted by Crippen LogP contribution is -2.33. The molecule has 0 radical (unpaired) electrons. The summed E-state index contributed by atoms with van der Waals surface area (Å²) in [4.78, 5) is 10.7. The van der Waals surface area contributed by atoms with Gasteiger partial charge < -0.3 is 15.9 Å². The highest BCUT2D eigenvalue weighted by molar-refractivity contribution is 6.30. The molecule has 1 amide bonds. The minimum absolute atomic E-state index is 0.367. The molecule has 2 atom stereocenters. The van der Waals surface area contributed by atoms with E-state index >= 15 is 0 Å². The molecule has 5 heteroatoms. The molecule has 4 nitrogen and oxygen atoms in total. The van der Waals surface area contributed by atoms with Crippen LogP contribution in [0.2, 0.25) is 5.02 Å². The van der Waals surface area contributed by atoms with Gasteiger partial charge in [0.15, 0.2) is 6.10 Å². The standard InChI is InChI=1S/C10H12ClNO3/c1-5-2-6(4-7(11)3-5)8(13)9(14)10(12)15/h2-4,8-9,13-14H,1H3,(H2,12,15). The molecule has 0 aliphatic rings. The molecule has 0 heterocycles. The van der Waals surface area contributed by atoms with Gasteiger partial charge in [-0.25, -0.2) is 0 Å². The average Bonchev–Trinajstić information content (AvgIpc) is 2.13. The van der Waals surface area contributed by atoms with Gasteiger partial charge >= 0.3 is 0 Å². The SMILES string of the molecule is Cc1cc(Cl)cc(C(O)C(O)C(N)=O)c1. The number of rotatable bonds is 3. The fraction of sp³-hybridized carbons (Fsp3) is 0.300. The van der Waals surface area contributed by atoms with Crippen molar-refractivity contribution in [2.45, 2.75) is 19.1 Å². The average molecular weight is 230 g/mol. The number of primary amides is 1. The summed E-state index contributed by atoms with van der Waals surface area (Å²) >= 11 is 5.77. The summed E-state index contributed by atoms with van der Waals surface area (Å²) in [5.41, 5.74) is 6.06. The van der Waals surface area contributed by atoms with Crippen LogP contribution in [0.1, 0.15) is 17.2 Å². The lowest BCUT2D eigenvalue weighted by Gasteiger charge is -2.15. The van der Waals surface area contributed by atoms with Crippen molar-refractivity contribution in [2.75, 3.05) is 0 Å². The van der Waals surface area contributed by atoms with E-state index in [0.29, 0.717) is 10.6 Å². The van der Waals surface area contributed by atoms with Gasteiger partial charge in [0.1, 0.15) is 6.10 Å². The van der Waals surface area contributed by atoms with Crippen LogP contribution in [0.3, 0.4) is 0 Å². The first kappa shape index (κ1) is 12.0. The van der Waals surface area contributed by atoms with Gasteiger partial charge in [-0.3, -0.25) is 4.79 Å². The maximum Gasteiger partial charge on any atom is 0.249 e. The Morgan fingerprint density at radius 2 is 2.00 bits per heavy atom. The van der Waals surface area contributed by atoms with E-state index in [-0.39, 0.29) is 0 Å². The second kappa shape index (κ2) is 4.61. The van der Waals surface area contributed by atoms with Gasteiger partial charge in [0.25, 0.3) is 0 Å². The predicted octanol–water partition coefficient (Wildman–Crippen LogP) is 0.528. The quantitative estimate of drug-likeness (QED) is 0.707.